The molecule has 1 rings (SSSR count). The summed E-state index contributed by atoms with van der Waals surface area (Å²) in [6.07, 6.45) is 7.37. The van der Waals surface area contributed by atoms with Gasteiger partial charge in [-0.25, -0.2) is 0 Å². The SMILES string of the molecule is C=Cc1cccc([C@@H](C)CC)c1/C=C\C. The van der Waals surface area contributed by atoms with E-state index in [0.717, 1.165) is 0 Å². The Labute approximate surface area is 93.3 Å². The highest BCUT2D eigenvalue weighted by molar-refractivity contribution is 5.67. The second-order valence-electron chi connectivity index (χ2n) is 3.86. The minimum atomic E-state index is 0.607. The number of rotatable bonds is 4. The van der Waals surface area contributed by atoms with Crippen LogP contribution in [0.5, 0.6) is 0 Å². The maximum atomic E-state index is 3.87. The fourth-order valence-electron chi connectivity index (χ4n) is 1.79. The largest absolute Gasteiger partial charge is 0.0984 e. The normalized spacial score (nSPS) is 13.0. The van der Waals surface area contributed by atoms with E-state index in [9.17, 15) is 0 Å². The molecule has 0 aliphatic rings. The third kappa shape index (κ3) is 2.59. The van der Waals surface area contributed by atoms with E-state index in [1.165, 1.54) is 23.1 Å². The monoisotopic (exact) mass is 200 g/mol. The number of hydrogen-bond donors (Lipinski definition) is 0. The molecule has 0 amide bonds. The first-order valence-corrected chi connectivity index (χ1v) is 5.62. The van der Waals surface area contributed by atoms with Crippen LogP contribution < -0.4 is 0 Å². The lowest BCUT2D eigenvalue weighted by Crippen LogP contribution is -1.96. The summed E-state index contributed by atoms with van der Waals surface area (Å²) in [7, 11) is 0. The molecule has 0 aromatic heterocycles. The van der Waals surface area contributed by atoms with Crippen LogP contribution in [0.15, 0.2) is 30.9 Å². The molecule has 0 bridgehead atoms. The van der Waals surface area contributed by atoms with Crippen LogP contribution in [0.2, 0.25) is 0 Å². The van der Waals surface area contributed by atoms with E-state index in [-0.39, 0.29) is 0 Å². The highest BCUT2D eigenvalue weighted by Crippen LogP contribution is 2.27. The molecule has 80 valence electrons. The molecule has 0 unspecified atom stereocenters. The molecule has 0 saturated carbocycles. The Balaban J connectivity index is 3.30. The molecule has 0 nitrogen and oxygen atoms in total. The lowest BCUT2D eigenvalue weighted by atomic mass is 9.90. The molecular weight excluding hydrogens is 180 g/mol. The third-order valence-corrected chi connectivity index (χ3v) is 2.87. The summed E-state index contributed by atoms with van der Waals surface area (Å²) < 4.78 is 0. The van der Waals surface area contributed by atoms with Crippen molar-refractivity contribution >= 4 is 12.2 Å². The van der Waals surface area contributed by atoms with Gasteiger partial charge in [-0.3, -0.25) is 0 Å². The second kappa shape index (κ2) is 5.55. The molecule has 0 spiro atoms. The van der Waals surface area contributed by atoms with Crippen LogP contribution in [0.1, 0.15) is 49.8 Å². The summed E-state index contributed by atoms with van der Waals surface area (Å²) in [4.78, 5) is 0. The first kappa shape index (κ1) is 11.8. The molecule has 1 aromatic carbocycles. The fourth-order valence-corrected chi connectivity index (χ4v) is 1.79. The van der Waals surface area contributed by atoms with E-state index >= 15 is 0 Å². The van der Waals surface area contributed by atoms with Crippen LogP contribution in [0.25, 0.3) is 12.2 Å². The van der Waals surface area contributed by atoms with E-state index in [0.29, 0.717) is 5.92 Å². The fraction of sp³-hybridized carbons (Fsp3) is 0.333. The van der Waals surface area contributed by atoms with Gasteiger partial charge in [-0.15, -0.1) is 0 Å². The lowest BCUT2D eigenvalue weighted by molar-refractivity contribution is 0.732. The molecule has 0 heteroatoms. The number of benzene rings is 1. The van der Waals surface area contributed by atoms with Crippen LogP contribution in [-0.4, -0.2) is 0 Å². The first-order chi connectivity index (χ1) is 7.24. The Morgan fingerprint density at radius 3 is 2.67 bits per heavy atom. The Bertz CT molecular complexity index is 358. The maximum absolute atomic E-state index is 3.87. The zero-order chi connectivity index (χ0) is 11.3. The van der Waals surface area contributed by atoms with Crippen LogP contribution >= 0.6 is 0 Å². The van der Waals surface area contributed by atoms with Crippen LogP contribution in [0.4, 0.5) is 0 Å². The van der Waals surface area contributed by atoms with E-state index in [1.54, 1.807) is 0 Å². The van der Waals surface area contributed by atoms with Gasteiger partial charge in [0.25, 0.3) is 0 Å². The van der Waals surface area contributed by atoms with Crippen molar-refractivity contribution in [2.24, 2.45) is 0 Å². The van der Waals surface area contributed by atoms with Crippen molar-refractivity contribution in [2.45, 2.75) is 33.1 Å². The molecule has 0 aliphatic carbocycles. The Morgan fingerprint density at radius 2 is 2.13 bits per heavy atom. The average molecular weight is 200 g/mol. The molecule has 0 N–H and O–H groups in total. The molecule has 0 radical (unpaired) electrons. The summed E-state index contributed by atoms with van der Waals surface area (Å²) in [6.45, 7) is 10.4. The third-order valence-electron chi connectivity index (χ3n) is 2.87. The molecule has 1 atom stereocenters. The topological polar surface area (TPSA) is 0 Å². The van der Waals surface area contributed by atoms with Crippen molar-refractivity contribution in [1.29, 1.82) is 0 Å². The van der Waals surface area contributed by atoms with Gasteiger partial charge >= 0.3 is 0 Å². The van der Waals surface area contributed by atoms with Gasteiger partial charge in [0.2, 0.25) is 0 Å². The highest BCUT2D eigenvalue weighted by atomic mass is 14.1. The number of allylic oxidation sites excluding steroid dienone is 1. The standard InChI is InChI=1S/C15H20/c1-5-9-15-13(7-3)10-8-11-14(15)12(4)6-2/h5,7-12H,3,6H2,1-2,4H3/b9-5-/t12-/m0/s1. The molecule has 0 saturated heterocycles. The minimum Gasteiger partial charge on any atom is -0.0984 e. The zero-order valence-electron chi connectivity index (χ0n) is 9.96. The van der Waals surface area contributed by atoms with E-state index < -0.39 is 0 Å². The van der Waals surface area contributed by atoms with Gasteiger partial charge in [0, 0.05) is 0 Å². The van der Waals surface area contributed by atoms with Gasteiger partial charge in [0.1, 0.15) is 0 Å². The van der Waals surface area contributed by atoms with Crippen LogP contribution in [-0.2, 0) is 0 Å². The van der Waals surface area contributed by atoms with E-state index in [2.05, 4.69) is 57.7 Å². The highest BCUT2D eigenvalue weighted by Gasteiger charge is 2.08. The van der Waals surface area contributed by atoms with Crippen molar-refractivity contribution in [3.63, 3.8) is 0 Å². The Morgan fingerprint density at radius 1 is 1.40 bits per heavy atom. The quantitative estimate of drug-likeness (QED) is 0.650. The smallest absolute Gasteiger partial charge is 0.0153 e. The van der Waals surface area contributed by atoms with Crippen molar-refractivity contribution in [1.82, 2.24) is 0 Å². The van der Waals surface area contributed by atoms with Gasteiger partial charge in [-0.05, 0) is 36.0 Å². The summed E-state index contributed by atoms with van der Waals surface area (Å²) in [5, 5.41) is 0. The summed E-state index contributed by atoms with van der Waals surface area (Å²) in [5.74, 6) is 0.607. The molecule has 15 heavy (non-hydrogen) atoms. The first-order valence-electron chi connectivity index (χ1n) is 5.62. The predicted molar refractivity (Wildman–Crippen MR) is 69.9 cm³/mol. The molecule has 0 heterocycles. The minimum absolute atomic E-state index is 0.607. The van der Waals surface area contributed by atoms with Crippen molar-refractivity contribution in [3.8, 4) is 0 Å². The van der Waals surface area contributed by atoms with Gasteiger partial charge < -0.3 is 0 Å². The maximum Gasteiger partial charge on any atom is -0.0153 e. The summed E-state index contributed by atoms with van der Waals surface area (Å²) in [6, 6.07) is 6.45. The predicted octanol–water partition coefficient (Wildman–Crippen LogP) is 4.88. The Kier molecular flexibility index (Phi) is 4.36. The molecule has 0 aliphatic heterocycles. The van der Waals surface area contributed by atoms with Gasteiger partial charge in [0.05, 0.1) is 0 Å². The average Bonchev–Trinajstić information content (AvgIpc) is 2.28. The van der Waals surface area contributed by atoms with Crippen molar-refractivity contribution < 1.29 is 0 Å². The number of hydrogen-bond acceptors (Lipinski definition) is 0. The van der Waals surface area contributed by atoms with Gasteiger partial charge in [-0.2, -0.15) is 0 Å². The van der Waals surface area contributed by atoms with Gasteiger partial charge in [-0.1, -0.05) is 56.9 Å². The van der Waals surface area contributed by atoms with Crippen molar-refractivity contribution in [3.05, 3.63) is 47.5 Å². The second-order valence-corrected chi connectivity index (χ2v) is 3.86. The Hall–Kier alpha value is -1.30. The van der Waals surface area contributed by atoms with Crippen molar-refractivity contribution in [2.75, 3.05) is 0 Å². The summed E-state index contributed by atoms with van der Waals surface area (Å²) in [5.41, 5.74) is 3.98. The van der Waals surface area contributed by atoms with Crippen LogP contribution in [0, 0.1) is 0 Å². The van der Waals surface area contributed by atoms with Gasteiger partial charge in [0.15, 0.2) is 0 Å². The lowest BCUT2D eigenvalue weighted by Gasteiger charge is -2.14. The molecular formula is C15H20. The zero-order valence-corrected chi connectivity index (χ0v) is 9.96. The van der Waals surface area contributed by atoms with E-state index in [4.69, 9.17) is 0 Å². The van der Waals surface area contributed by atoms with E-state index in [1.807, 2.05) is 6.08 Å². The molecule has 0 fully saturated rings. The molecule has 1 aromatic rings. The van der Waals surface area contributed by atoms with Crippen LogP contribution in [0.3, 0.4) is 0 Å². The summed E-state index contributed by atoms with van der Waals surface area (Å²) >= 11 is 0.